The molecule has 82 valence electrons. The third kappa shape index (κ3) is 2.32. The van der Waals surface area contributed by atoms with Crippen LogP contribution >= 0.6 is 0 Å². The fourth-order valence-electron chi connectivity index (χ4n) is 2.24. The lowest BCUT2D eigenvalue weighted by atomic mass is 9.96. The minimum absolute atomic E-state index is 0.0434. The molecule has 1 aliphatic rings. The molecular weight excluding hydrogens is 186 g/mol. The molecule has 1 heterocycles. The molecule has 1 aromatic heterocycles. The summed E-state index contributed by atoms with van der Waals surface area (Å²) in [7, 11) is 0. The molecule has 2 N–H and O–H groups in total. The summed E-state index contributed by atoms with van der Waals surface area (Å²) in [5.74, 6) is 0.952. The van der Waals surface area contributed by atoms with E-state index in [0.717, 1.165) is 17.7 Å². The van der Waals surface area contributed by atoms with Gasteiger partial charge in [0.1, 0.15) is 5.76 Å². The molecule has 2 rings (SSSR count). The summed E-state index contributed by atoms with van der Waals surface area (Å²) in [5, 5.41) is 0. The third-order valence-corrected chi connectivity index (χ3v) is 3.21. The van der Waals surface area contributed by atoms with Crippen molar-refractivity contribution >= 4 is 0 Å². The third-order valence-electron chi connectivity index (χ3n) is 3.21. The number of allylic oxidation sites excluding steroid dienone is 1. The molecule has 0 spiro atoms. The van der Waals surface area contributed by atoms with Gasteiger partial charge in [0.15, 0.2) is 0 Å². The Morgan fingerprint density at radius 3 is 2.93 bits per heavy atom. The van der Waals surface area contributed by atoms with Crippen LogP contribution < -0.4 is 5.73 Å². The molecule has 2 heteroatoms. The summed E-state index contributed by atoms with van der Waals surface area (Å²) in [6.45, 7) is 1.98. The zero-order chi connectivity index (χ0) is 10.7. The van der Waals surface area contributed by atoms with E-state index in [-0.39, 0.29) is 6.04 Å². The van der Waals surface area contributed by atoms with Crippen molar-refractivity contribution < 1.29 is 4.42 Å². The maximum Gasteiger partial charge on any atom is 0.105 e. The van der Waals surface area contributed by atoms with Gasteiger partial charge in [-0.2, -0.15) is 0 Å². The molecule has 0 amide bonds. The van der Waals surface area contributed by atoms with Gasteiger partial charge in [-0.15, -0.1) is 0 Å². The number of hydrogen-bond acceptors (Lipinski definition) is 2. The van der Waals surface area contributed by atoms with Gasteiger partial charge in [0.25, 0.3) is 0 Å². The Bertz CT molecular complexity index is 351. The van der Waals surface area contributed by atoms with Crippen LogP contribution in [-0.2, 0) is 0 Å². The number of nitrogens with two attached hydrogens (primary N) is 1. The molecule has 0 aromatic carbocycles. The fourth-order valence-corrected chi connectivity index (χ4v) is 2.24. The molecule has 1 aromatic rings. The molecule has 15 heavy (non-hydrogen) atoms. The Labute approximate surface area is 91.2 Å². The second-order valence-electron chi connectivity index (χ2n) is 4.29. The van der Waals surface area contributed by atoms with Gasteiger partial charge in [-0.1, -0.05) is 18.1 Å². The SMILES string of the molecule is Cc1occc1C(N)C1=CCCCCC1. The standard InChI is InChI=1S/C13H19NO/c1-10-12(8-9-15-10)13(14)11-6-4-2-3-5-7-11/h6,8-9,13H,2-5,7,14H2,1H3. The van der Waals surface area contributed by atoms with Gasteiger partial charge in [-0.3, -0.25) is 0 Å². The van der Waals surface area contributed by atoms with Crippen molar-refractivity contribution in [3.05, 3.63) is 35.3 Å². The van der Waals surface area contributed by atoms with E-state index in [2.05, 4.69) is 6.08 Å². The maximum absolute atomic E-state index is 6.26. The first-order chi connectivity index (χ1) is 7.29. The Hall–Kier alpha value is -1.02. The first-order valence-electron chi connectivity index (χ1n) is 5.77. The summed E-state index contributed by atoms with van der Waals surface area (Å²) in [5.41, 5.74) is 8.78. The molecule has 0 saturated heterocycles. The summed E-state index contributed by atoms with van der Waals surface area (Å²) in [6, 6.07) is 2.04. The van der Waals surface area contributed by atoms with Crippen LogP contribution in [0.1, 0.15) is 49.5 Å². The van der Waals surface area contributed by atoms with Crippen LogP contribution in [0.4, 0.5) is 0 Å². The maximum atomic E-state index is 6.26. The van der Waals surface area contributed by atoms with Crippen molar-refractivity contribution in [1.29, 1.82) is 0 Å². The van der Waals surface area contributed by atoms with Crippen LogP contribution in [0.25, 0.3) is 0 Å². The predicted molar refractivity (Wildman–Crippen MR) is 61.5 cm³/mol. The number of hydrogen-bond donors (Lipinski definition) is 1. The highest BCUT2D eigenvalue weighted by Gasteiger charge is 2.16. The molecule has 0 aliphatic heterocycles. The minimum Gasteiger partial charge on any atom is -0.469 e. The molecule has 0 fully saturated rings. The molecular formula is C13H19NO. The lowest BCUT2D eigenvalue weighted by Gasteiger charge is -2.14. The van der Waals surface area contributed by atoms with Gasteiger partial charge >= 0.3 is 0 Å². The largest absolute Gasteiger partial charge is 0.469 e. The smallest absolute Gasteiger partial charge is 0.105 e. The van der Waals surface area contributed by atoms with Crippen molar-refractivity contribution in [2.45, 2.75) is 45.1 Å². The van der Waals surface area contributed by atoms with Crippen molar-refractivity contribution in [1.82, 2.24) is 0 Å². The van der Waals surface area contributed by atoms with Crippen molar-refractivity contribution in [3.63, 3.8) is 0 Å². The van der Waals surface area contributed by atoms with Crippen LogP contribution in [0.2, 0.25) is 0 Å². The molecule has 0 bridgehead atoms. The van der Waals surface area contributed by atoms with Gasteiger partial charge in [-0.25, -0.2) is 0 Å². The average molecular weight is 205 g/mol. The normalized spacial score (nSPS) is 19.5. The van der Waals surface area contributed by atoms with E-state index in [9.17, 15) is 0 Å². The van der Waals surface area contributed by atoms with Gasteiger partial charge in [0.05, 0.1) is 12.3 Å². The van der Waals surface area contributed by atoms with Crippen molar-refractivity contribution in [3.8, 4) is 0 Å². The highest BCUT2D eigenvalue weighted by Crippen LogP contribution is 2.29. The Morgan fingerprint density at radius 2 is 2.20 bits per heavy atom. The lowest BCUT2D eigenvalue weighted by Crippen LogP contribution is -2.13. The molecule has 0 saturated carbocycles. The highest BCUT2D eigenvalue weighted by atomic mass is 16.3. The Kier molecular flexibility index (Phi) is 3.27. The first kappa shape index (κ1) is 10.5. The monoisotopic (exact) mass is 205 g/mol. The number of furan rings is 1. The van der Waals surface area contributed by atoms with Gasteiger partial charge in [0.2, 0.25) is 0 Å². The zero-order valence-corrected chi connectivity index (χ0v) is 9.33. The minimum atomic E-state index is 0.0434. The van der Waals surface area contributed by atoms with E-state index in [0.29, 0.717) is 0 Å². The van der Waals surface area contributed by atoms with Crippen LogP contribution in [0.5, 0.6) is 0 Å². The topological polar surface area (TPSA) is 39.2 Å². The summed E-state index contributed by atoms with van der Waals surface area (Å²) in [6.07, 6.45) is 10.3. The molecule has 1 atom stereocenters. The van der Waals surface area contributed by atoms with Crippen molar-refractivity contribution in [2.75, 3.05) is 0 Å². The Morgan fingerprint density at radius 1 is 1.33 bits per heavy atom. The van der Waals surface area contributed by atoms with Crippen LogP contribution in [-0.4, -0.2) is 0 Å². The first-order valence-corrected chi connectivity index (χ1v) is 5.77. The van der Waals surface area contributed by atoms with E-state index in [4.69, 9.17) is 10.2 Å². The van der Waals surface area contributed by atoms with Gasteiger partial charge < -0.3 is 10.2 Å². The van der Waals surface area contributed by atoms with Crippen LogP contribution in [0, 0.1) is 6.92 Å². The summed E-state index contributed by atoms with van der Waals surface area (Å²) < 4.78 is 5.30. The Balaban J connectivity index is 2.16. The van der Waals surface area contributed by atoms with Gasteiger partial charge in [-0.05, 0) is 38.7 Å². The fraction of sp³-hybridized carbons (Fsp3) is 0.538. The second-order valence-corrected chi connectivity index (χ2v) is 4.29. The second kappa shape index (κ2) is 4.67. The van der Waals surface area contributed by atoms with Crippen molar-refractivity contribution in [2.24, 2.45) is 5.73 Å². The van der Waals surface area contributed by atoms with E-state index in [1.54, 1.807) is 6.26 Å². The van der Waals surface area contributed by atoms with E-state index in [1.165, 1.54) is 31.3 Å². The number of aryl methyl sites for hydroxylation is 1. The molecule has 1 unspecified atom stereocenters. The zero-order valence-electron chi connectivity index (χ0n) is 9.33. The highest BCUT2D eigenvalue weighted by molar-refractivity contribution is 5.29. The average Bonchev–Trinajstić information content (AvgIpc) is 2.53. The van der Waals surface area contributed by atoms with Crippen LogP contribution in [0.15, 0.2) is 28.4 Å². The van der Waals surface area contributed by atoms with E-state index < -0.39 is 0 Å². The molecule has 0 radical (unpaired) electrons. The quantitative estimate of drug-likeness (QED) is 0.751. The predicted octanol–water partition coefficient (Wildman–Crippen LogP) is 3.48. The van der Waals surface area contributed by atoms with E-state index in [1.807, 2.05) is 13.0 Å². The number of rotatable bonds is 2. The summed E-state index contributed by atoms with van der Waals surface area (Å²) >= 11 is 0. The van der Waals surface area contributed by atoms with Gasteiger partial charge in [0, 0.05) is 5.56 Å². The lowest BCUT2D eigenvalue weighted by molar-refractivity contribution is 0.526. The van der Waals surface area contributed by atoms with Crippen LogP contribution in [0.3, 0.4) is 0 Å². The summed E-state index contributed by atoms with van der Waals surface area (Å²) in [4.78, 5) is 0. The molecule has 2 nitrogen and oxygen atoms in total. The molecule has 1 aliphatic carbocycles. The van der Waals surface area contributed by atoms with E-state index >= 15 is 0 Å².